The molecule has 0 aliphatic heterocycles. The molecule has 2 heteroatoms. The first kappa shape index (κ1) is 10.4. The topological polar surface area (TPSA) is 9.23 Å². The molecule has 0 fully saturated rings. The van der Waals surface area contributed by atoms with Crippen molar-refractivity contribution < 1.29 is 4.74 Å². The molecule has 0 aliphatic carbocycles. The highest BCUT2D eigenvalue weighted by molar-refractivity contribution is 14.1. The zero-order valence-corrected chi connectivity index (χ0v) is 9.45. The maximum Gasteiger partial charge on any atom is 0.119 e. The maximum atomic E-state index is 5.39. The van der Waals surface area contributed by atoms with E-state index in [9.17, 15) is 0 Å². The van der Waals surface area contributed by atoms with E-state index in [1.165, 1.54) is 5.56 Å². The Kier molecular flexibility index (Phi) is 4.65. The lowest BCUT2D eigenvalue weighted by Crippen LogP contribution is -1.92. The van der Waals surface area contributed by atoms with Crippen LogP contribution in [-0.2, 0) is 4.43 Å². The minimum Gasteiger partial charge on any atom is -0.489 e. The van der Waals surface area contributed by atoms with Gasteiger partial charge in [0.25, 0.3) is 0 Å². The number of halogens is 1. The number of hydrogen-bond donors (Lipinski definition) is 0. The standard InChI is InChI=1S/C11H11IO/c1-2-3-8-13-11-6-4-10(9-12)5-7-11/h3-7H,1,8-9H2. The van der Waals surface area contributed by atoms with Crippen molar-refractivity contribution in [2.45, 2.75) is 4.43 Å². The van der Waals surface area contributed by atoms with Gasteiger partial charge in [0.1, 0.15) is 12.4 Å². The molecule has 68 valence electrons. The molecule has 0 saturated carbocycles. The van der Waals surface area contributed by atoms with E-state index >= 15 is 0 Å². The molecule has 0 N–H and O–H groups in total. The maximum absolute atomic E-state index is 5.39. The van der Waals surface area contributed by atoms with Crippen LogP contribution in [0.1, 0.15) is 5.56 Å². The number of benzene rings is 1. The largest absolute Gasteiger partial charge is 0.489 e. The summed E-state index contributed by atoms with van der Waals surface area (Å²) in [7, 11) is 0. The van der Waals surface area contributed by atoms with Gasteiger partial charge in [-0.3, -0.25) is 0 Å². The van der Waals surface area contributed by atoms with Crippen molar-refractivity contribution in [1.29, 1.82) is 0 Å². The number of hydrogen-bond acceptors (Lipinski definition) is 1. The van der Waals surface area contributed by atoms with Crippen LogP contribution in [0.15, 0.2) is 42.7 Å². The normalized spacial score (nSPS) is 9.00. The van der Waals surface area contributed by atoms with Gasteiger partial charge in [0.2, 0.25) is 0 Å². The number of ether oxygens (including phenoxy) is 1. The fourth-order valence-corrected chi connectivity index (χ4v) is 1.38. The van der Waals surface area contributed by atoms with Gasteiger partial charge in [-0.25, -0.2) is 0 Å². The molecule has 0 heterocycles. The quantitative estimate of drug-likeness (QED) is 0.468. The Hall–Kier alpha value is -0.730. The monoisotopic (exact) mass is 286 g/mol. The van der Waals surface area contributed by atoms with Crippen LogP contribution < -0.4 is 4.74 Å². The zero-order chi connectivity index (χ0) is 9.52. The van der Waals surface area contributed by atoms with Crippen molar-refractivity contribution in [3.05, 3.63) is 48.2 Å². The van der Waals surface area contributed by atoms with Gasteiger partial charge in [-0.15, -0.1) is 5.73 Å². The van der Waals surface area contributed by atoms with E-state index in [0.717, 1.165) is 10.2 Å². The Bertz CT molecular complexity index is 296. The van der Waals surface area contributed by atoms with Gasteiger partial charge >= 0.3 is 0 Å². The molecule has 1 aromatic carbocycles. The lowest BCUT2D eigenvalue weighted by atomic mass is 10.2. The first-order valence-corrected chi connectivity index (χ1v) is 5.51. The molecule has 0 spiro atoms. The molecule has 0 aliphatic rings. The van der Waals surface area contributed by atoms with Crippen molar-refractivity contribution >= 4 is 22.6 Å². The van der Waals surface area contributed by atoms with Crippen LogP contribution in [0.5, 0.6) is 5.75 Å². The van der Waals surface area contributed by atoms with Gasteiger partial charge in [0.05, 0.1) is 0 Å². The Labute approximate surface area is 92.3 Å². The summed E-state index contributed by atoms with van der Waals surface area (Å²) >= 11 is 2.33. The molecule has 0 bridgehead atoms. The second kappa shape index (κ2) is 5.84. The molecule has 0 saturated heterocycles. The molecule has 0 unspecified atom stereocenters. The van der Waals surface area contributed by atoms with Gasteiger partial charge in [0, 0.05) is 4.43 Å². The first-order valence-electron chi connectivity index (χ1n) is 3.99. The summed E-state index contributed by atoms with van der Waals surface area (Å²) < 4.78 is 6.42. The minimum atomic E-state index is 0.535. The third-order valence-electron chi connectivity index (χ3n) is 1.56. The van der Waals surface area contributed by atoms with Crippen LogP contribution >= 0.6 is 22.6 Å². The van der Waals surface area contributed by atoms with Crippen molar-refractivity contribution in [2.24, 2.45) is 0 Å². The molecular formula is C11H11IO. The van der Waals surface area contributed by atoms with E-state index in [2.05, 4.69) is 47.0 Å². The van der Waals surface area contributed by atoms with Crippen LogP contribution in [0.3, 0.4) is 0 Å². The summed E-state index contributed by atoms with van der Waals surface area (Å²) in [5, 5.41) is 0. The van der Waals surface area contributed by atoms with Crippen LogP contribution in [0.4, 0.5) is 0 Å². The van der Waals surface area contributed by atoms with Crippen LogP contribution in [0.2, 0.25) is 0 Å². The molecule has 0 amide bonds. The summed E-state index contributed by atoms with van der Waals surface area (Å²) in [6.45, 7) is 3.99. The predicted molar refractivity (Wildman–Crippen MR) is 63.4 cm³/mol. The zero-order valence-electron chi connectivity index (χ0n) is 7.29. The van der Waals surface area contributed by atoms with Crippen LogP contribution in [0, 0.1) is 0 Å². The van der Waals surface area contributed by atoms with Crippen molar-refractivity contribution in [3.8, 4) is 5.75 Å². The molecule has 0 aromatic heterocycles. The van der Waals surface area contributed by atoms with Crippen LogP contribution in [-0.4, -0.2) is 6.61 Å². The fraction of sp³-hybridized carbons (Fsp3) is 0.182. The Morgan fingerprint density at radius 1 is 1.38 bits per heavy atom. The lowest BCUT2D eigenvalue weighted by Gasteiger charge is -2.02. The second-order valence-corrected chi connectivity index (χ2v) is 3.26. The Morgan fingerprint density at radius 3 is 2.62 bits per heavy atom. The average Bonchev–Trinajstić information content (AvgIpc) is 2.19. The Balaban J connectivity index is 2.53. The Morgan fingerprint density at radius 2 is 2.08 bits per heavy atom. The highest BCUT2D eigenvalue weighted by Crippen LogP contribution is 2.13. The fourth-order valence-electron chi connectivity index (χ4n) is 0.872. The predicted octanol–water partition coefficient (Wildman–Crippen LogP) is 3.34. The molecule has 0 radical (unpaired) electrons. The number of rotatable bonds is 4. The van der Waals surface area contributed by atoms with Gasteiger partial charge in [0.15, 0.2) is 0 Å². The second-order valence-electron chi connectivity index (χ2n) is 2.50. The van der Waals surface area contributed by atoms with Gasteiger partial charge < -0.3 is 4.74 Å². The summed E-state index contributed by atoms with van der Waals surface area (Å²) in [5.74, 6) is 0.889. The summed E-state index contributed by atoms with van der Waals surface area (Å²) in [6.07, 6.45) is 1.76. The van der Waals surface area contributed by atoms with Crippen LogP contribution in [0.25, 0.3) is 0 Å². The molecule has 1 rings (SSSR count). The van der Waals surface area contributed by atoms with Crippen molar-refractivity contribution in [2.75, 3.05) is 6.61 Å². The van der Waals surface area contributed by atoms with E-state index in [4.69, 9.17) is 4.74 Å². The first-order chi connectivity index (χ1) is 6.36. The highest BCUT2D eigenvalue weighted by atomic mass is 127. The highest BCUT2D eigenvalue weighted by Gasteiger charge is 1.92. The van der Waals surface area contributed by atoms with E-state index in [1.807, 2.05) is 12.1 Å². The molecule has 1 nitrogen and oxygen atoms in total. The third-order valence-corrected chi connectivity index (χ3v) is 2.44. The summed E-state index contributed by atoms with van der Waals surface area (Å²) in [6, 6.07) is 8.09. The summed E-state index contributed by atoms with van der Waals surface area (Å²) in [5.41, 5.74) is 3.97. The summed E-state index contributed by atoms with van der Waals surface area (Å²) in [4.78, 5) is 0. The van der Waals surface area contributed by atoms with E-state index in [1.54, 1.807) is 6.08 Å². The SMILES string of the molecule is C=C=CCOc1ccc(CI)cc1. The van der Waals surface area contributed by atoms with Crippen molar-refractivity contribution in [3.63, 3.8) is 0 Å². The van der Waals surface area contributed by atoms with Crippen molar-refractivity contribution in [1.82, 2.24) is 0 Å². The average molecular weight is 286 g/mol. The lowest BCUT2D eigenvalue weighted by molar-refractivity contribution is 0.363. The van der Waals surface area contributed by atoms with E-state index in [-0.39, 0.29) is 0 Å². The minimum absolute atomic E-state index is 0.535. The van der Waals surface area contributed by atoms with E-state index in [0.29, 0.717) is 6.61 Å². The molecule has 0 atom stereocenters. The van der Waals surface area contributed by atoms with Gasteiger partial charge in [-0.2, -0.15) is 0 Å². The molecular weight excluding hydrogens is 275 g/mol. The molecule has 13 heavy (non-hydrogen) atoms. The molecule has 1 aromatic rings. The third kappa shape index (κ3) is 3.66. The van der Waals surface area contributed by atoms with E-state index < -0.39 is 0 Å². The smallest absolute Gasteiger partial charge is 0.119 e. The van der Waals surface area contributed by atoms with Gasteiger partial charge in [-0.1, -0.05) is 41.3 Å². The van der Waals surface area contributed by atoms with Gasteiger partial charge in [-0.05, 0) is 23.8 Å². The number of alkyl halides is 1.